The van der Waals surface area contributed by atoms with Gasteiger partial charge in [-0.25, -0.2) is 0 Å². The fraction of sp³-hybridized carbons (Fsp3) is 0.571. The standard InChI is InChI=1S/C21H27N/c1-2-16-3-7-18(8-4-16)20-11-13-21(14-12-20)19-9-5-17(15-22)6-10-19/h2,5-6,9-10,16,18,20-21H,1,3-4,7-8,11-14H2. The van der Waals surface area contributed by atoms with Gasteiger partial charge in [-0.3, -0.25) is 0 Å². The molecule has 2 aliphatic rings. The molecule has 1 aromatic rings. The van der Waals surface area contributed by atoms with E-state index in [1.54, 1.807) is 0 Å². The van der Waals surface area contributed by atoms with Gasteiger partial charge in [0.15, 0.2) is 0 Å². The minimum atomic E-state index is 0.716. The fourth-order valence-corrected chi connectivity index (χ4v) is 4.61. The van der Waals surface area contributed by atoms with E-state index >= 15 is 0 Å². The van der Waals surface area contributed by atoms with Gasteiger partial charge in [0.05, 0.1) is 11.6 Å². The van der Waals surface area contributed by atoms with Crippen LogP contribution in [0, 0.1) is 29.1 Å². The molecule has 0 atom stereocenters. The molecule has 0 unspecified atom stereocenters. The third-order valence-electron chi connectivity index (χ3n) is 6.10. The van der Waals surface area contributed by atoms with Crippen molar-refractivity contribution in [2.24, 2.45) is 17.8 Å². The highest BCUT2D eigenvalue weighted by molar-refractivity contribution is 5.33. The minimum Gasteiger partial charge on any atom is -0.192 e. The van der Waals surface area contributed by atoms with E-state index in [0.29, 0.717) is 5.92 Å². The number of benzene rings is 1. The van der Waals surface area contributed by atoms with Gasteiger partial charge in [0, 0.05) is 0 Å². The summed E-state index contributed by atoms with van der Waals surface area (Å²) in [6.45, 7) is 3.96. The third kappa shape index (κ3) is 3.43. The molecule has 2 aliphatic carbocycles. The van der Waals surface area contributed by atoms with Crippen molar-refractivity contribution in [2.75, 3.05) is 0 Å². The Bertz CT molecular complexity index is 520. The summed E-state index contributed by atoms with van der Waals surface area (Å²) in [6.07, 6.45) is 13.2. The molecule has 22 heavy (non-hydrogen) atoms. The molecule has 0 amide bonds. The number of hydrogen-bond donors (Lipinski definition) is 0. The summed E-state index contributed by atoms with van der Waals surface area (Å²) in [5.41, 5.74) is 2.21. The van der Waals surface area contributed by atoms with Gasteiger partial charge >= 0.3 is 0 Å². The van der Waals surface area contributed by atoms with Gasteiger partial charge in [-0.15, -0.1) is 6.58 Å². The van der Waals surface area contributed by atoms with Gasteiger partial charge in [0.2, 0.25) is 0 Å². The van der Waals surface area contributed by atoms with Gasteiger partial charge < -0.3 is 0 Å². The first kappa shape index (κ1) is 15.3. The zero-order chi connectivity index (χ0) is 15.4. The molecule has 0 spiro atoms. The SMILES string of the molecule is C=CC1CCC(C2CCC(c3ccc(C#N)cc3)CC2)CC1. The predicted molar refractivity (Wildman–Crippen MR) is 91.5 cm³/mol. The van der Waals surface area contributed by atoms with E-state index in [9.17, 15) is 0 Å². The Morgan fingerprint density at radius 1 is 0.864 bits per heavy atom. The second kappa shape index (κ2) is 7.14. The molecule has 0 radical (unpaired) electrons. The van der Waals surface area contributed by atoms with Gasteiger partial charge in [0.1, 0.15) is 0 Å². The van der Waals surface area contributed by atoms with Crippen LogP contribution in [0.1, 0.15) is 68.4 Å². The quantitative estimate of drug-likeness (QED) is 0.644. The van der Waals surface area contributed by atoms with Crippen LogP contribution in [0.3, 0.4) is 0 Å². The van der Waals surface area contributed by atoms with Crippen LogP contribution in [0.2, 0.25) is 0 Å². The molecule has 1 aromatic carbocycles. The molecule has 0 saturated heterocycles. The van der Waals surface area contributed by atoms with Crippen molar-refractivity contribution >= 4 is 0 Å². The number of hydrogen-bond acceptors (Lipinski definition) is 1. The van der Waals surface area contributed by atoms with Crippen LogP contribution in [0.5, 0.6) is 0 Å². The molecule has 0 aliphatic heterocycles. The van der Waals surface area contributed by atoms with Crippen molar-refractivity contribution in [3.63, 3.8) is 0 Å². The van der Waals surface area contributed by atoms with Gasteiger partial charge in [-0.2, -0.15) is 5.26 Å². The molecule has 0 bridgehead atoms. The topological polar surface area (TPSA) is 23.8 Å². The summed E-state index contributed by atoms with van der Waals surface area (Å²) in [6, 6.07) is 10.5. The van der Waals surface area contributed by atoms with Crippen molar-refractivity contribution in [3.05, 3.63) is 48.0 Å². The molecule has 3 rings (SSSR count). The fourth-order valence-electron chi connectivity index (χ4n) is 4.61. The Balaban J connectivity index is 1.52. The molecule has 2 fully saturated rings. The van der Waals surface area contributed by atoms with Crippen molar-refractivity contribution in [1.82, 2.24) is 0 Å². The first-order valence-electron chi connectivity index (χ1n) is 8.92. The molecule has 2 saturated carbocycles. The first-order chi connectivity index (χ1) is 10.8. The lowest BCUT2D eigenvalue weighted by molar-refractivity contribution is 0.171. The van der Waals surface area contributed by atoms with E-state index in [0.717, 1.165) is 23.3 Å². The summed E-state index contributed by atoms with van der Waals surface area (Å²) in [7, 11) is 0. The average Bonchev–Trinajstić information content (AvgIpc) is 2.62. The zero-order valence-electron chi connectivity index (χ0n) is 13.5. The molecule has 1 nitrogen and oxygen atoms in total. The van der Waals surface area contributed by atoms with Crippen LogP contribution in [-0.4, -0.2) is 0 Å². The summed E-state index contributed by atoms with van der Waals surface area (Å²) in [5.74, 6) is 3.43. The molecular formula is C21H27N. The lowest BCUT2D eigenvalue weighted by Crippen LogP contribution is -2.25. The largest absolute Gasteiger partial charge is 0.192 e. The van der Waals surface area contributed by atoms with Crippen molar-refractivity contribution in [1.29, 1.82) is 5.26 Å². The first-order valence-corrected chi connectivity index (χ1v) is 8.92. The number of nitrogens with zero attached hydrogens (tertiary/aromatic N) is 1. The summed E-state index contributed by atoms with van der Waals surface area (Å²) in [5, 5.41) is 8.90. The Hall–Kier alpha value is -1.55. The van der Waals surface area contributed by atoms with E-state index in [2.05, 4.69) is 30.9 Å². The van der Waals surface area contributed by atoms with Crippen LogP contribution in [-0.2, 0) is 0 Å². The predicted octanol–water partition coefficient (Wildman–Crippen LogP) is 5.82. The van der Waals surface area contributed by atoms with Crippen LogP contribution in [0.25, 0.3) is 0 Å². The van der Waals surface area contributed by atoms with E-state index < -0.39 is 0 Å². The molecule has 0 heterocycles. The summed E-state index contributed by atoms with van der Waals surface area (Å²) in [4.78, 5) is 0. The monoisotopic (exact) mass is 293 g/mol. The lowest BCUT2D eigenvalue weighted by Gasteiger charge is -2.37. The van der Waals surface area contributed by atoms with Gasteiger partial charge in [-0.05, 0) is 92.7 Å². The molecular weight excluding hydrogens is 266 g/mol. The zero-order valence-corrected chi connectivity index (χ0v) is 13.5. The van der Waals surface area contributed by atoms with Crippen molar-refractivity contribution < 1.29 is 0 Å². The number of allylic oxidation sites excluding steroid dienone is 1. The van der Waals surface area contributed by atoms with Crippen LogP contribution in [0.4, 0.5) is 0 Å². The molecule has 116 valence electrons. The smallest absolute Gasteiger partial charge is 0.0991 e. The Kier molecular flexibility index (Phi) is 4.98. The summed E-state index contributed by atoms with van der Waals surface area (Å²) >= 11 is 0. The number of nitriles is 1. The average molecular weight is 293 g/mol. The van der Waals surface area contributed by atoms with Crippen LogP contribution in [0.15, 0.2) is 36.9 Å². The van der Waals surface area contributed by atoms with Gasteiger partial charge in [-0.1, -0.05) is 18.2 Å². The highest BCUT2D eigenvalue weighted by atomic mass is 14.4. The molecule has 0 aromatic heterocycles. The maximum Gasteiger partial charge on any atom is 0.0991 e. The second-order valence-corrected chi connectivity index (χ2v) is 7.26. The molecule has 0 N–H and O–H groups in total. The normalized spacial score (nSPS) is 32.1. The Labute approximate surface area is 135 Å². The second-order valence-electron chi connectivity index (χ2n) is 7.26. The number of rotatable bonds is 3. The highest BCUT2D eigenvalue weighted by Crippen LogP contribution is 2.43. The Morgan fingerprint density at radius 3 is 1.91 bits per heavy atom. The minimum absolute atomic E-state index is 0.716. The van der Waals surface area contributed by atoms with E-state index in [1.165, 1.54) is 56.9 Å². The molecule has 1 heteroatoms. The van der Waals surface area contributed by atoms with Crippen molar-refractivity contribution in [3.8, 4) is 6.07 Å². The van der Waals surface area contributed by atoms with Crippen LogP contribution < -0.4 is 0 Å². The third-order valence-corrected chi connectivity index (χ3v) is 6.10. The Morgan fingerprint density at radius 2 is 1.41 bits per heavy atom. The van der Waals surface area contributed by atoms with E-state index in [1.807, 2.05) is 12.1 Å². The van der Waals surface area contributed by atoms with E-state index in [-0.39, 0.29) is 0 Å². The lowest BCUT2D eigenvalue weighted by atomic mass is 9.68. The maximum absolute atomic E-state index is 8.90. The maximum atomic E-state index is 8.90. The van der Waals surface area contributed by atoms with E-state index in [4.69, 9.17) is 5.26 Å². The summed E-state index contributed by atoms with van der Waals surface area (Å²) < 4.78 is 0. The highest BCUT2D eigenvalue weighted by Gasteiger charge is 2.30. The van der Waals surface area contributed by atoms with Crippen molar-refractivity contribution in [2.45, 2.75) is 57.3 Å². The van der Waals surface area contributed by atoms with Gasteiger partial charge in [0.25, 0.3) is 0 Å². The van der Waals surface area contributed by atoms with Crippen LogP contribution >= 0.6 is 0 Å².